The second-order valence-corrected chi connectivity index (χ2v) is 9.71. The number of benzene rings is 3. The van der Waals surface area contributed by atoms with E-state index in [0.717, 1.165) is 10.5 Å². The van der Waals surface area contributed by atoms with Crippen LogP contribution in [0.15, 0.2) is 66.7 Å². The minimum atomic E-state index is -0.405. The van der Waals surface area contributed by atoms with Crippen molar-refractivity contribution in [1.82, 2.24) is 5.32 Å². The van der Waals surface area contributed by atoms with Gasteiger partial charge in [-0.25, -0.2) is 4.90 Å². The number of halogens is 1. The van der Waals surface area contributed by atoms with Crippen molar-refractivity contribution < 1.29 is 14.4 Å². The van der Waals surface area contributed by atoms with E-state index in [1.54, 1.807) is 48.5 Å². The summed E-state index contributed by atoms with van der Waals surface area (Å²) >= 11 is 11.6. The molecule has 3 amide bonds. The molecular weight excluding hydrogens is 470 g/mol. The SMILES string of the molecule is CC(C)(C)c1ccc(C(=O)NC(=S)Nc2ccc(N3C(=O)c4ccccc4C3=O)cc2Cl)cc1. The Balaban J connectivity index is 1.44. The van der Waals surface area contributed by atoms with Gasteiger partial charge in [0.05, 0.1) is 27.5 Å². The smallest absolute Gasteiger partial charge is 0.266 e. The fourth-order valence-corrected chi connectivity index (χ4v) is 4.04. The fourth-order valence-electron chi connectivity index (χ4n) is 3.62. The summed E-state index contributed by atoms with van der Waals surface area (Å²) in [7, 11) is 0. The van der Waals surface area contributed by atoms with Gasteiger partial charge in [0.2, 0.25) is 0 Å². The summed E-state index contributed by atoms with van der Waals surface area (Å²) in [5.74, 6) is -1.16. The van der Waals surface area contributed by atoms with Crippen molar-refractivity contribution in [2.45, 2.75) is 26.2 Å². The number of fused-ring (bicyclic) bond motifs is 1. The van der Waals surface area contributed by atoms with Crippen LogP contribution >= 0.6 is 23.8 Å². The largest absolute Gasteiger partial charge is 0.331 e. The molecule has 0 aliphatic carbocycles. The molecule has 2 N–H and O–H groups in total. The van der Waals surface area contributed by atoms with E-state index in [4.69, 9.17) is 23.8 Å². The van der Waals surface area contributed by atoms with Crippen molar-refractivity contribution in [1.29, 1.82) is 0 Å². The lowest BCUT2D eigenvalue weighted by atomic mass is 9.87. The van der Waals surface area contributed by atoms with Gasteiger partial charge in [0, 0.05) is 5.56 Å². The zero-order chi connectivity index (χ0) is 24.6. The van der Waals surface area contributed by atoms with Gasteiger partial charge >= 0.3 is 0 Å². The highest BCUT2D eigenvalue weighted by molar-refractivity contribution is 7.80. The molecule has 3 aromatic carbocycles. The number of nitrogens with one attached hydrogen (secondary N) is 2. The summed E-state index contributed by atoms with van der Waals surface area (Å²) in [4.78, 5) is 39.0. The molecule has 172 valence electrons. The summed E-state index contributed by atoms with van der Waals surface area (Å²) in [6, 6.07) is 18.7. The standard InChI is InChI=1S/C26H22ClN3O3S/c1-26(2,3)16-10-8-15(9-11-16)22(31)29-25(34)28-21-13-12-17(14-20(21)27)30-23(32)18-6-4-5-7-19(18)24(30)33/h4-14H,1-3H3,(H2,28,29,31,34). The van der Waals surface area contributed by atoms with Gasteiger partial charge in [-0.05, 0) is 65.7 Å². The molecule has 1 aliphatic heterocycles. The molecule has 0 saturated heterocycles. The summed E-state index contributed by atoms with van der Waals surface area (Å²) < 4.78 is 0. The van der Waals surface area contributed by atoms with E-state index in [1.165, 1.54) is 6.07 Å². The third-order valence-electron chi connectivity index (χ3n) is 5.49. The van der Waals surface area contributed by atoms with E-state index < -0.39 is 11.8 Å². The van der Waals surface area contributed by atoms with Crippen LogP contribution in [-0.2, 0) is 5.41 Å². The first kappa shape index (κ1) is 23.6. The second-order valence-electron chi connectivity index (χ2n) is 8.89. The Morgan fingerprint density at radius 2 is 1.50 bits per heavy atom. The maximum atomic E-state index is 12.7. The minimum absolute atomic E-state index is 0.0120. The van der Waals surface area contributed by atoms with E-state index in [0.29, 0.717) is 28.1 Å². The normalized spacial score (nSPS) is 13.0. The van der Waals surface area contributed by atoms with E-state index in [9.17, 15) is 14.4 Å². The molecule has 6 nitrogen and oxygen atoms in total. The van der Waals surface area contributed by atoms with E-state index >= 15 is 0 Å². The summed E-state index contributed by atoms with van der Waals surface area (Å²) in [6.45, 7) is 6.31. The first-order chi connectivity index (χ1) is 16.1. The van der Waals surface area contributed by atoms with Gasteiger partial charge < -0.3 is 5.32 Å². The summed E-state index contributed by atoms with van der Waals surface area (Å²) in [5.41, 5.74) is 3.06. The van der Waals surface area contributed by atoms with Crippen molar-refractivity contribution in [2.75, 3.05) is 10.2 Å². The molecule has 4 rings (SSSR count). The topological polar surface area (TPSA) is 78.5 Å². The van der Waals surface area contributed by atoms with Crippen LogP contribution in [0.5, 0.6) is 0 Å². The first-order valence-electron chi connectivity index (χ1n) is 10.6. The lowest BCUT2D eigenvalue weighted by molar-refractivity contribution is 0.0923. The van der Waals surface area contributed by atoms with Crippen LogP contribution in [0.4, 0.5) is 11.4 Å². The van der Waals surface area contributed by atoms with Gasteiger partial charge in [-0.1, -0.05) is 56.6 Å². The monoisotopic (exact) mass is 491 g/mol. The van der Waals surface area contributed by atoms with Crippen LogP contribution in [-0.4, -0.2) is 22.8 Å². The Hall–Kier alpha value is -3.55. The van der Waals surface area contributed by atoms with Crippen LogP contribution in [0.1, 0.15) is 57.4 Å². The highest BCUT2D eigenvalue weighted by Crippen LogP contribution is 2.33. The number of imide groups is 1. The molecule has 0 aromatic heterocycles. The molecule has 34 heavy (non-hydrogen) atoms. The Labute approximate surface area is 207 Å². The Morgan fingerprint density at radius 1 is 0.912 bits per heavy atom. The van der Waals surface area contributed by atoms with Crippen LogP contribution < -0.4 is 15.5 Å². The van der Waals surface area contributed by atoms with Crippen molar-refractivity contribution >= 4 is 58.0 Å². The average molecular weight is 492 g/mol. The van der Waals surface area contributed by atoms with Gasteiger partial charge in [-0.3, -0.25) is 19.7 Å². The molecular formula is C26H22ClN3O3S. The van der Waals surface area contributed by atoms with Gasteiger partial charge in [-0.2, -0.15) is 0 Å². The lowest BCUT2D eigenvalue weighted by Crippen LogP contribution is -2.34. The third-order valence-corrected chi connectivity index (χ3v) is 6.01. The summed E-state index contributed by atoms with van der Waals surface area (Å²) in [5, 5.41) is 5.82. The number of hydrogen-bond acceptors (Lipinski definition) is 4. The number of amides is 3. The maximum Gasteiger partial charge on any atom is 0.266 e. The molecule has 0 radical (unpaired) electrons. The maximum absolute atomic E-state index is 12.7. The zero-order valence-electron chi connectivity index (χ0n) is 18.8. The summed E-state index contributed by atoms with van der Waals surface area (Å²) in [6.07, 6.45) is 0. The third kappa shape index (κ3) is 4.58. The number of rotatable bonds is 3. The fraction of sp³-hybridized carbons (Fsp3) is 0.154. The van der Waals surface area contributed by atoms with Gasteiger partial charge in [0.15, 0.2) is 5.11 Å². The molecule has 1 aliphatic rings. The molecule has 0 bridgehead atoms. The predicted octanol–water partition coefficient (Wildman–Crippen LogP) is 5.56. The zero-order valence-corrected chi connectivity index (χ0v) is 20.4. The van der Waals surface area contributed by atoms with Crippen LogP contribution in [0.25, 0.3) is 0 Å². The van der Waals surface area contributed by atoms with E-state index in [2.05, 4.69) is 31.4 Å². The number of nitrogens with zero attached hydrogens (tertiary/aromatic N) is 1. The molecule has 8 heteroatoms. The number of anilines is 2. The van der Waals surface area contributed by atoms with Crippen molar-refractivity contribution in [2.24, 2.45) is 0 Å². The van der Waals surface area contributed by atoms with E-state index in [1.807, 2.05) is 12.1 Å². The Bertz CT molecular complexity index is 1290. The number of carbonyl (C=O) groups excluding carboxylic acids is 3. The molecule has 1 heterocycles. The highest BCUT2D eigenvalue weighted by atomic mass is 35.5. The molecule has 0 atom stereocenters. The number of carbonyl (C=O) groups is 3. The highest BCUT2D eigenvalue weighted by Gasteiger charge is 2.36. The second kappa shape index (κ2) is 9.00. The molecule has 0 spiro atoms. The van der Waals surface area contributed by atoms with Gasteiger partial charge in [0.25, 0.3) is 17.7 Å². The molecule has 0 unspecified atom stereocenters. The van der Waals surface area contributed by atoms with Gasteiger partial charge in [-0.15, -0.1) is 0 Å². The lowest BCUT2D eigenvalue weighted by Gasteiger charge is -2.19. The average Bonchev–Trinajstić information content (AvgIpc) is 3.05. The Morgan fingerprint density at radius 3 is 2.03 bits per heavy atom. The van der Waals surface area contributed by atoms with Crippen LogP contribution in [0.3, 0.4) is 0 Å². The first-order valence-corrected chi connectivity index (χ1v) is 11.3. The van der Waals surface area contributed by atoms with Gasteiger partial charge in [0.1, 0.15) is 0 Å². The Kier molecular flexibility index (Phi) is 6.25. The van der Waals surface area contributed by atoms with Crippen LogP contribution in [0, 0.1) is 0 Å². The molecule has 0 saturated carbocycles. The minimum Gasteiger partial charge on any atom is -0.331 e. The van der Waals surface area contributed by atoms with E-state index in [-0.39, 0.29) is 21.5 Å². The molecule has 0 fully saturated rings. The number of hydrogen-bond donors (Lipinski definition) is 2. The predicted molar refractivity (Wildman–Crippen MR) is 138 cm³/mol. The molecule has 3 aromatic rings. The number of thiocarbonyl (C=S) groups is 1. The quantitative estimate of drug-likeness (QED) is 0.370. The van der Waals surface area contributed by atoms with Crippen molar-refractivity contribution in [3.63, 3.8) is 0 Å². The van der Waals surface area contributed by atoms with Crippen molar-refractivity contribution in [3.05, 3.63) is 94.0 Å². The van der Waals surface area contributed by atoms with Crippen molar-refractivity contribution in [3.8, 4) is 0 Å². The van der Waals surface area contributed by atoms with Crippen LogP contribution in [0.2, 0.25) is 5.02 Å².